The number of thioether (sulfide) groups is 1. The highest BCUT2D eigenvalue weighted by molar-refractivity contribution is 8.01. The third kappa shape index (κ3) is 3.41. The molecule has 2 fully saturated rings. The molecule has 2 heteroatoms. The van der Waals surface area contributed by atoms with Gasteiger partial charge < -0.3 is 4.74 Å². The van der Waals surface area contributed by atoms with Crippen molar-refractivity contribution in [3.63, 3.8) is 0 Å². The van der Waals surface area contributed by atoms with E-state index in [2.05, 4.69) is 43.0 Å². The van der Waals surface area contributed by atoms with Crippen molar-refractivity contribution in [1.82, 2.24) is 0 Å². The normalized spacial score (nSPS) is 28.9. The Hall–Kier alpha value is -0.890. The minimum absolute atomic E-state index is 0.864. The van der Waals surface area contributed by atoms with Crippen LogP contribution in [0.5, 0.6) is 0 Å². The van der Waals surface area contributed by atoms with E-state index in [1.165, 1.54) is 43.2 Å². The molecule has 0 aromatic heterocycles. The molecule has 2 saturated heterocycles. The van der Waals surface area contributed by atoms with Crippen molar-refractivity contribution >= 4 is 17.3 Å². The highest BCUT2D eigenvalue weighted by atomic mass is 32.2. The van der Waals surface area contributed by atoms with E-state index in [0.717, 1.165) is 23.0 Å². The van der Waals surface area contributed by atoms with Gasteiger partial charge in [-0.25, -0.2) is 0 Å². The fourth-order valence-corrected chi connectivity index (χ4v) is 5.30. The van der Waals surface area contributed by atoms with Crippen molar-refractivity contribution < 1.29 is 4.74 Å². The van der Waals surface area contributed by atoms with Crippen LogP contribution < -0.4 is 0 Å². The average molecular weight is 288 g/mol. The summed E-state index contributed by atoms with van der Waals surface area (Å²) in [6.07, 6.45) is 8.88. The summed E-state index contributed by atoms with van der Waals surface area (Å²) in [6.45, 7) is 2.98. The fraction of sp³-hybridized carbons (Fsp3) is 0.556. The van der Waals surface area contributed by atoms with Crippen molar-refractivity contribution in [1.29, 1.82) is 0 Å². The SMILES string of the molecule is C/C(=C/OCCCC1CC2CCC1S2)c1ccccc1. The van der Waals surface area contributed by atoms with Gasteiger partial charge in [-0.1, -0.05) is 30.3 Å². The molecule has 2 heterocycles. The molecule has 3 rings (SSSR count). The lowest BCUT2D eigenvalue weighted by molar-refractivity contribution is 0.229. The van der Waals surface area contributed by atoms with Gasteiger partial charge in [-0.15, -0.1) is 0 Å². The molecule has 20 heavy (non-hydrogen) atoms. The molecule has 0 saturated carbocycles. The first-order valence-electron chi connectivity index (χ1n) is 7.82. The Kier molecular flexibility index (Phi) is 4.72. The molecule has 0 aliphatic carbocycles. The molecule has 0 spiro atoms. The first-order valence-corrected chi connectivity index (χ1v) is 8.76. The van der Waals surface area contributed by atoms with E-state index in [0.29, 0.717) is 0 Å². The summed E-state index contributed by atoms with van der Waals surface area (Å²) in [5, 5.41) is 1.97. The monoisotopic (exact) mass is 288 g/mol. The van der Waals surface area contributed by atoms with Gasteiger partial charge in [0.25, 0.3) is 0 Å². The summed E-state index contributed by atoms with van der Waals surface area (Å²) in [5.41, 5.74) is 2.46. The van der Waals surface area contributed by atoms with Crippen LogP contribution in [0.4, 0.5) is 0 Å². The van der Waals surface area contributed by atoms with Crippen molar-refractivity contribution in [3.8, 4) is 0 Å². The Morgan fingerprint density at radius 3 is 2.85 bits per heavy atom. The molecule has 1 aromatic carbocycles. The van der Waals surface area contributed by atoms with Gasteiger partial charge in [-0.05, 0) is 56.1 Å². The molecular weight excluding hydrogens is 264 g/mol. The molecule has 2 bridgehead atoms. The van der Waals surface area contributed by atoms with Crippen LogP contribution in [0.1, 0.15) is 44.6 Å². The molecule has 2 aliphatic heterocycles. The number of hydrogen-bond acceptors (Lipinski definition) is 2. The van der Waals surface area contributed by atoms with Gasteiger partial charge in [0.05, 0.1) is 12.9 Å². The highest BCUT2D eigenvalue weighted by Crippen LogP contribution is 2.50. The van der Waals surface area contributed by atoms with E-state index in [1.54, 1.807) is 0 Å². The topological polar surface area (TPSA) is 9.23 Å². The summed E-state index contributed by atoms with van der Waals surface area (Å²) < 4.78 is 5.72. The Labute approximate surface area is 126 Å². The first kappa shape index (κ1) is 14.1. The summed E-state index contributed by atoms with van der Waals surface area (Å²) in [4.78, 5) is 0. The third-order valence-corrected chi connectivity index (χ3v) is 6.34. The van der Waals surface area contributed by atoms with Crippen molar-refractivity contribution in [2.24, 2.45) is 5.92 Å². The number of fused-ring (bicyclic) bond motifs is 2. The minimum Gasteiger partial charge on any atom is -0.501 e. The second kappa shape index (κ2) is 6.71. The zero-order valence-electron chi connectivity index (χ0n) is 12.3. The lowest BCUT2D eigenvalue weighted by Crippen LogP contribution is -2.15. The lowest BCUT2D eigenvalue weighted by Gasteiger charge is -2.19. The molecule has 1 nitrogen and oxygen atoms in total. The second-order valence-corrected chi connectivity index (χ2v) is 7.59. The summed E-state index contributed by atoms with van der Waals surface area (Å²) in [5.74, 6) is 0.974. The van der Waals surface area contributed by atoms with Gasteiger partial charge in [0.1, 0.15) is 0 Å². The largest absolute Gasteiger partial charge is 0.501 e. The maximum atomic E-state index is 5.72. The molecule has 0 radical (unpaired) electrons. The molecule has 2 aliphatic rings. The quantitative estimate of drug-likeness (QED) is 0.530. The van der Waals surface area contributed by atoms with Crippen LogP contribution in [0.2, 0.25) is 0 Å². The van der Waals surface area contributed by atoms with Crippen LogP contribution in [0.15, 0.2) is 36.6 Å². The van der Waals surface area contributed by atoms with Crippen LogP contribution in [0.25, 0.3) is 5.57 Å². The molecule has 3 unspecified atom stereocenters. The van der Waals surface area contributed by atoms with Crippen LogP contribution in [0, 0.1) is 5.92 Å². The van der Waals surface area contributed by atoms with Crippen LogP contribution in [-0.4, -0.2) is 17.1 Å². The van der Waals surface area contributed by atoms with Gasteiger partial charge >= 0.3 is 0 Å². The predicted molar refractivity (Wildman–Crippen MR) is 87.8 cm³/mol. The zero-order valence-corrected chi connectivity index (χ0v) is 13.1. The fourth-order valence-electron chi connectivity index (χ4n) is 3.43. The van der Waals surface area contributed by atoms with E-state index < -0.39 is 0 Å². The van der Waals surface area contributed by atoms with Gasteiger partial charge in [0, 0.05) is 10.5 Å². The van der Waals surface area contributed by atoms with Gasteiger partial charge in [-0.2, -0.15) is 11.8 Å². The number of benzene rings is 1. The Morgan fingerprint density at radius 1 is 1.30 bits per heavy atom. The molecule has 0 N–H and O–H groups in total. The van der Waals surface area contributed by atoms with Crippen LogP contribution in [-0.2, 0) is 4.74 Å². The summed E-state index contributed by atoms with van der Waals surface area (Å²) in [7, 11) is 0. The molecule has 3 atom stereocenters. The van der Waals surface area contributed by atoms with Gasteiger partial charge in [-0.3, -0.25) is 0 Å². The maximum absolute atomic E-state index is 5.72. The lowest BCUT2D eigenvalue weighted by atomic mass is 9.86. The van der Waals surface area contributed by atoms with Crippen LogP contribution in [0.3, 0.4) is 0 Å². The molecule has 108 valence electrons. The van der Waals surface area contributed by atoms with Crippen LogP contribution >= 0.6 is 11.8 Å². The first-order chi connectivity index (χ1) is 9.83. The van der Waals surface area contributed by atoms with Crippen molar-refractivity contribution in [2.45, 2.75) is 49.5 Å². The maximum Gasteiger partial charge on any atom is 0.0873 e. The van der Waals surface area contributed by atoms with Crippen molar-refractivity contribution in [3.05, 3.63) is 42.2 Å². The Morgan fingerprint density at radius 2 is 2.15 bits per heavy atom. The van der Waals surface area contributed by atoms with E-state index in [9.17, 15) is 0 Å². The number of ether oxygens (including phenoxy) is 1. The Balaban J connectivity index is 1.36. The van der Waals surface area contributed by atoms with Gasteiger partial charge in [0.15, 0.2) is 0 Å². The molecular formula is C18H24OS. The number of allylic oxidation sites excluding steroid dienone is 1. The highest BCUT2D eigenvalue weighted by Gasteiger charge is 2.39. The number of rotatable bonds is 6. The molecule has 0 amide bonds. The van der Waals surface area contributed by atoms with E-state index in [-0.39, 0.29) is 0 Å². The summed E-state index contributed by atoms with van der Waals surface area (Å²) in [6, 6.07) is 10.4. The second-order valence-electron chi connectivity index (χ2n) is 6.05. The van der Waals surface area contributed by atoms with E-state index in [4.69, 9.17) is 4.74 Å². The smallest absolute Gasteiger partial charge is 0.0873 e. The standard InChI is InChI=1S/C18H24OS/c1-14(15-6-3-2-4-7-15)13-19-11-5-8-16-12-17-9-10-18(16)20-17/h2-4,6-7,13,16-18H,5,8-12H2,1H3/b14-13-. The average Bonchev–Trinajstić information content (AvgIpc) is 3.10. The number of hydrogen-bond donors (Lipinski definition) is 0. The molecule has 1 aromatic rings. The zero-order chi connectivity index (χ0) is 13.8. The van der Waals surface area contributed by atoms with Crippen molar-refractivity contribution in [2.75, 3.05) is 6.61 Å². The Bertz CT molecular complexity index is 454. The van der Waals surface area contributed by atoms with Gasteiger partial charge in [0.2, 0.25) is 0 Å². The van der Waals surface area contributed by atoms with E-state index in [1.807, 2.05) is 12.3 Å². The third-order valence-electron chi connectivity index (χ3n) is 4.56. The minimum atomic E-state index is 0.864. The predicted octanol–water partition coefficient (Wildman–Crippen LogP) is 5.13. The van der Waals surface area contributed by atoms with E-state index >= 15 is 0 Å². The summed E-state index contributed by atoms with van der Waals surface area (Å²) >= 11 is 2.25.